The van der Waals surface area contributed by atoms with Crippen molar-refractivity contribution in [2.45, 2.75) is 24.9 Å². The molecule has 0 saturated carbocycles. The molecule has 2 saturated heterocycles. The Labute approximate surface area is 120 Å². The monoisotopic (exact) mass is 289 g/mol. The Hall–Kier alpha value is -1.66. The highest BCUT2D eigenvalue weighted by molar-refractivity contribution is 7.22. The van der Waals surface area contributed by atoms with Crippen LogP contribution >= 0.6 is 11.3 Å². The fourth-order valence-corrected chi connectivity index (χ4v) is 3.96. The van der Waals surface area contributed by atoms with Gasteiger partial charge in [-0.2, -0.15) is 0 Å². The highest BCUT2D eigenvalue weighted by Gasteiger charge is 2.40. The van der Waals surface area contributed by atoms with Gasteiger partial charge in [0.25, 0.3) is 5.91 Å². The molecule has 20 heavy (non-hydrogen) atoms. The van der Waals surface area contributed by atoms with Gasteiger partial charge in [0.2, 0.25) is 0 Å². The molecule has 2 fully saturated rings. The number of ether oxygens (including phenoxy) is 1. The van der Waals surface area contributed by atoms with Crippen LogP contribution in [0.25, 0.3) is 10.2 Å². The van der Waals surface area contributed by atoms with E-state index < -0.39 is 0 Å². The third-order valence-corrected chi connectivity index (χ3v) is 4.97. The molecule has 2 aromatic rings. The third kappa shape index (κ3) is 1.79. The van der Waals surface area contributed by atoms with Crippen LogP contribution < -0.4 is 5.73 Å². The summed E-state index contributed by atoms with van der Waals surface area (Å²) in [6.07, 6.45) is 2.10. The van der Waals surface area contributed by atoms with Crippen molar-refractivity contribution in [1.82, 2.24) is 9.88 Å². The number of hydrogen-bond donors (Lipinski definition) is 1. The number of thiazole rings is 1. The number of nitrogens with zero attached hydrogens (tertiary/aromatic N) is 2. The molecule has 2 atom stereocenters. The Morgan fingerprint density at radius 3 is 2.85 bits per heavy atom. The SMILES string of the molecule is Nc1nc2ccc(C(=O)N3[C@@H]4CC[C@H]3COC4)cc2s1. The van der Waals surface area contributed by atoms with Crippen molar-refractivity contribution in [2.75, 3.05) is 18.9 Å². The highest BCUT2D eigenvalue weighted by Crippen LogP contribution is 2.31. The van der Waals surface area contributed by atoms with Crippen molar-refractivity contribution >= 4 is 32.6 Å². The quantitative estimate of drug-likeness (QED) is 0.870. The minimum atomic E-state index is 0.106. The summed E-state index contributed by atoms with van der Waals surface area (Å²) in [6.45, 7) is 1.33. The Balaban J connectivity index is 1.69. The van der Waals surface area contributed by atoms with E-state index in [0.717, 1.165) is 28.6 Å². The number of nitrogens with two attached hydrogens (primary N) is 1. The molecule has 2 N–H and O–H groups in total. The minimum absolute atomic E-state index is 0.106. The second kappa shape index (κ2) is 4.43. The Kier molecular flexibility index (Phi) is 2.68. The first-order chi connectivity index (χ1) is 9.72. The third-order valence-electron chi connectivity index (χ3n) is 4.13. The molecule has 2 aliphatic rings. The van der Waals surface area contributed by atoms with Crippen LogP contribution in [0.2, 0.25) is 0 Å². The van der Waals surface area contributed by atoms with Gasteiger partial charge < -0.3 is 15.4 Å². The number of rotatable bonds is 1. The van der Waals surface area contributed by atoms with Gasteiger partial charge in [-0.3, -0.25) is 4.79 Å². The molecule has 2 aliphatic heterocycles. The molecule has 0 spiro atoms. The molecule has 0 radical (unpaired) electrons. The van der Waals surface area contributed by atoms with Crippen LogP contribution in [-0.2, 0) is 4.74 Å². The second-order valence-electron chi connectivity index (χ2n) is 5.37. The molecule has 1 aromatic heterocycles. The number of hydrogen-bond acceptors (Lipinski definition) is 5. The fraction of sp³-hybridized carbons (Fsp3) is 0.429. The molecule has 2 bridgehead atoms. The summed E-state index contributed by atoms with van der Waals surface area (Å²) < 4.78 is 6.49. The van der Waals surface area contributed by atoms with E-state index in [-0.39, 0.29) is 18.0 Å². The molecular formula is C14H15N3O2S. The van der Waals surface area contributed by atoms with Crippen LogP contribution in [-0.4, -0.2) is 41.1 Å². The number of carbonyl (C=O) groups is 1. The molecule has 6 heteroatoms. The lowest BCUT2D eigenvalue weighted by Crippen LogP contribution is -2.49. The standard InChI is InChI=1S/C14H15N3O2S/c15-14-16-11-4-1-8(5-12(11)20-14)13(18)17-9-2-3-10(17)7-19-6-9/h1,4-5,9-10H,2-3,6-7H2,(H2,15,16)/t9-,10+. The summed E-state index contributed by atoms with van der Waals surface area (Å²) in [4.78, 5) is 19.0. The Morgan fingerprint density at radius 1 is 1.35 bits per heavy atom. The molecule has 1 aromatic carbocycles. The normalized spacial score (nSPS) is 25.3. The summed E-state index contributed by atoms with van der Waals surface area (Å²) in [7, 11) is 0. The van der Waals surface area contributed by atoms with E-state index in [1.165, 1.54) is 11.3 Å². The summed E-state index contributed by atoms with van der Waals surface area (Å²) in [5.74, 6) is 0.106. The van der Waals surface area contributed by atoms with Crippen LogP contribution in [0.1, 0.15) is 23.2 Å². The van der Waals surface area contributed by atoms with Crippen molar-refractivity contribution in [3.05, 3.63) is 23.8 Å². The van der Waals surface area contributed by atoms with Gasteiger partial charge in [0.05, 0.1) is 35.5 Å². The molecule has 0 aliphatic carbocycles. The number of benzene rings is 1. The molecule has 0 unspecified atom stereocenters. The molecular weight excluding hydrogens is 274 g/mol. The summed E-state index contributed by atoms with van der Waals surface area (Å²) >= 11 is 1.42. The van der Waals surface area contributed by atoms with E-state index in [1.54, 1.807) is 0 Å². The van der Waals surface area contributed by atoms with Crippen molar-refractivity contribution in [1.29, 1.82) is 0 Å². The average molecular weight is 289 g/mol. The van der Waals surface area contributed by atoms with E-state index in [4.69, 9.17) is 10.5 Å². The van der Waals surface area contributed by atoms with Gasteiger partial charge in [-0.25, -0.2) is 4.98 Å². The number of nitrogen functional groups attached to an aromatic ring is 1. The van der Waals surface area contributed by atoms with Gasteiger partial charge in [-0.1, -0.05) is 11.3 Å². The van der Waals surface area contributed by atoms with Gasteiger partial charge in [0.1, 0.15) is 0 Å². The fourth-order valence-electron chi connectivity index (χ4n) is 3.18. The predicted octanol–water partition coefficient (Wildman–Crippen LogP) is 1.88. The zero-order valence-corrected chi connectivity index (χ0v) is 11.7. The molecule has 3 heterocycles. The van der Waals surface area contributed by atoms with Gasteiger partial charge in [-0.05, 0) is 31.0 Å². The topological polar surface area (TPSA) is 68.5 Å². The van der Waals surface area contributed by atoms with Gasteiger partial charge in [-0.15, -0.1) is 0 Å². The van der Waals surface area contributed by atoms with E-state index in [2.05, 4.69) is 4.98 Å². The smallest absolute Gasteiger partial charge is 0.254 e. The van der Waals surface area contributed by atoms with Crippen LogP contribution in [0.4, 0.5) is 5.13 Å². The molecule has 5 nitrogen and oxygen atoms in total. The zero-order valence-electron chi connectivity index (χ0n) is 10.9. The van der Waals surface area contributed by atoms with Crippen LogP contribution in [0.15, 0.2) is 18.2 Å². The Bertz CT molecular complexity index is 668. The van der Waals surface area contributed by atoms with E-state index >= 15 is 0 Å². The van der Waals surface area contributed by atoms with Crippen molar-refractivity contribution in [2.24, 2.45) is 0 Å². The first-order valence-corrected chi connectivity index (χ1v) is 7.60. The summed E-state index contributed by atoms with van der Waals surface area (Å²) in [6, 6.07) is 6.10. The van der Waals surface area contributed by atoms with Crippen molar-refractivity contribution in [3.63, 3.8) is 0 Å². The number of anilines is 1. The number of carbonyl (C=O) groups excluding carboxylic acids is 1. The maximum absolute atomic E-state index is 12.7. The van der Waals surface area contributed by atoms with Gasteiger partial charge in [0.15, 0.2) is 5.13 Å². The molecule has 104 valence electrons. The summed E-state index contributed by atoms with van der Waals surface area (Å²) in [5, 5.41) is 0.538. The van der Waals surface area contributed by atoms with Gasteiger partial charge >= 0.3 is 0 Å². The first kappa shape index (κ1) is 12.1. The minimum Gasteiger partial charge on any atom is -0.377 e. The summed E-state index contributed by atoms with van der Waals surface area (Å²) in [5.41, 5.74) is 7.29. The maximum atomic E-state index is 12.7. The molecule has 4 rings (SSSR count). The van der Waals surface area contributed by atoms with Crippen molar-refractivity contribution in [3.8, 4) is 0 Å². The number of morpholine rings is 1. The average Bonchev–Trinajstić information content (AvgIpc) is 2.93. The zero-order chi connectivity index (χ0) is 13.7. The molecule has 1 amide bonds. The van der Waals surface area contributed by atoms with E-state index in [9.17, 15) is 4.79 Å². The second-order valence-corrected chi connectivity index (χ2v) is 6.43. The predicted molar refractivity (Wildman–Crippen MR) is 77.8 cm³/mol. The lowest BCUT2D eigenvalue weighted by molar-refractivity contribution is -0.00714. The maximum Gasteiger partial charge on any atom is 0.254 e. The largest absolute Gasteiger partial charge is 0.377 e. The van der Waals surface area contributed by atoms with Gasteiger partial charge in [0, 0.05) is 5.56 Å². The van der Waals surface area contributed by atoms with Crippen LogP contribution in [0.5, 0.6) is 0 Å². The highest BCUT2D eigenvalue weighted by atomic mass is 32.1. The lowest BCUT2D eigenvalue weighted by atomic mass is 10.1. The van der Waals surface area contributed by atoms with E-state index in [1.807, 2.05) is 23.1 Å². The van der Waals surface area contributed by atoms with E-state index in [0.29, 0.717) is 18.3 Å². The number of aromatic nitrogens is 1. The van der Waals surface area contributed by atoms with Crippen LogP contribution in [0.3, 0.4) is 0 Å². The first-order valence-electron chi connectivity index (χ1n) is 6.79. The number of fused-ring (bicyclic) bond motifs is 3. The van der Waals surface area contributed by atoms with Crippen LogP contribution in [0, 0.1) is 0 Å². The van der Waals surface area contributed by atoms with Crippen molar-refractivity contribution < 1.29 is 9.53 Å². The Morgan fingerprint density at radius 2 is 2.10 bits per heavy atom. The lowest BCUT2D eigenvalue weighted by Gasteiger charge is -2.34. The number of amides is 1.